The minimum absolute atomic E-state index is 0.177. The lowest BCUT2D eigenvalue weighted by Gasteiger charge is -2.09. The maximum atomic E-state index is 11.9. The molecule has 2 amide bonds. The number of ether oxygens (including phenoxy) is 2. The number of hydrazone groups is 1. The van der Waals surface area contributed by atoms with Crippen molar-refractivity contribution in [1.82, 2.24) is 10.7 Å². The van der Waals surface area contributed by atoms with E-state index < -0.39 is 11.8 Å². The molecule has 0 saturated carbocycles. The van der Waals surface area contributed by atoms with E-state index >= 15 is 0 Å². The summed E-state index contributed by atoms with van der Waals surface area (Å²) in [6.45, 7) is 0.0151. The van der Waals surface area contributed by atoms with Crippen LogP contribution < -0.4 is 20.2 Å². The fourth-order valence-electron chi connectivity index (χ4n) is 2.57. The van der Waals surface area contributed by atoms with Gasteiger partial charge in [-0.05, 0) is 42.0 Å². The highest BCUT2D eigenvalue weighted by Crippen LogP contribution is 2.18. The van der Waals surface area contributed by atoms with Crippen LogP contribution in [0.5, 0.6) is 11.5 Å². The maximum Gasteiger partial charge on any atom is 0.259 e. The largest absolute Gasteiger partial charge is 0.488 e. The summed E-state index contributed by atoms with van der Waals surface area (Å²) in [7, 11) is 0. The van der Waals surface area contributed by atoms with E-state index in [0.717, 1.165) is 10.0 Å². The lowest BCUT2D eigenvalue weighted by atomic mass is 10.2. The predicted molar refractivity (Wildman–Crippen MR) is 126 cm³/mol. The number of benzene rings is 3. The topological polar surface area (TPSA) is 89.0 Å². The number of rotatable bonds is 10. The number of hydrogen-bond donors (Lipinski definition) is 2. The summed E-state index contributed by atoms with van der Waals surface area (Å²) in [5.74, 6) is 0.361. The molecule has 0 radical (unpaired) electrons. The van der Waals surface area contributed by atoms with Crippen LogP contribution >= 0.6 is 15.9 Å². The number of carbonyl (C=O) groups is 2. The first-order chi connectivity index (χ1) is 15.6. The molecule has 0 atom stereocenters. The highest BCUT2D eigenvalue weighted by atomic mass is 79.9. The summed E-state index contributed by atoms with van der Waals surface area (Å²) in [6.07, 6.45) is 1.50. The molecule has 3 rings (SSSR count). The molecule has 0 bridgehead atoms. The summed E-state index contributed by atoms with van der Waals surface area (Å²) in [4.78, 5) is 23.7. The van der Waals surface area contributed by atoms with Gasteiger partial charge in [-0.3, -0.25) is 9.59 Å². The average Bonchev–Trinajstić information content (AvgIpc) is 2.82. The third-order valence-corrected chi connectivity index (χ3v) is 4.71. The van der Waals surface area contributed by atoms with E-state index in [2.05, 4.69) is 31.8 Å². The van der Waals surface area contributed by atoms with Crippen LogP contribution in [0.15, 0.2) is 88.4 Å². The Kier molecular flexibility index (Phi) is 8.82. The van der Waals surface area contributed by atoms with Gasteiger partial charge in [0.25, 0.3) is 11.8 Å². The van der Waals surface area contributed by atoms with Crippen molar-refractivity contribution >= 4 is 34.0 Å². The van der Waals surface area contributed by atoms with Crippen LogP contribution in [0.25, 0.3) is 0 Å². The van der Waals surface area contributed by atoms with Gasteiger partial charge in [-0.2, -0.15) is 5.10 Å². The van der Waals surface area contributed by atoms with E-state index in [1.54, 1.807) is 12.1 Å². The molecule has 7 nitrogen and oxygen atoms in total. The zero-order valence-electron chi connectivity index (χ0n) is 17.2. The van der Waals surface area contributed by atoms with Crippen molar-refractivity contribution in [2.24, 2.45) is 5.10 Å². The minimum Gasteiger partial charge on any atom is -0.488 e. The number of hydrogen-bond acceptors (Lipinski definition) is 5. The van der Waals surface area contributed by atoms with Gasteiger partial charge < -0.3 is 14.8 Å². The van der Waals surface area contributed by atoms with Gasteiger partial charge in [0, 0.05) is 10.0 Å². The smallest absolute Gasteiger partial charge is 0.259 e. The summed E-state index contributed by atoms with van der Waals surface area (Å²) in [6, 6.07) is 24.2. The Morgan fingerprint density at radius 3 is 2.38 bits per heavy atom. The molecule has 0 spiro atoms. The molecule has 0 unspecified atom stereocenters. The van der Waals surface area contributed by atoms with E-state index in [1.807, 2.05) is 66.7 Å². The first kappa shape index (κ1) is 23.0. The molecule has 0 saturated heterocycles. The Bertz CT molecular complexity index is 1060. The molecule has 0 fully saturated rings. The lowest BCUT2D eigenvalue weighted by molar-refractivity contribution is -0.127. The standard InChI is InChI=1S/C24H22BrN3O4/c25-20-12-10-18(11-13-20)16-32-22-9-5-4-6-19(22)14-27-28-23(29)15-26-24(30)17-31-21-7-2-1-3-8-21/h1-14H,15-17H2,(H,26,30)(H,28,29)/b27-14+. The van der Waals surface area contributed by atoms with E-state index in [0.29, 0.717) is 23.7 Å². The second-order valence-corrected chi connectivity index (χ2v) is 7.54. The molecule has 0 aromatic heterocycles. The van der Waals surface area contributed by atoms with E-state index in [4.69, 9.17) is 9.47 Å². The number of amides is 2. The van der Waals surface area contributed by atoms with Crippen LogP contribution in [0.4, 0.5) is 0 Å². The van der Waals surface area contributed by atoms with Gasteiger partial charge in [0.05, 0.1) is 12.8 Å². The van der Waals surface area contributed by atoms with Crippen molar-refractivity contribution in [3.63, 3.8) is 0 Å². The monoisotopic (exact) mass is 495 g/mol. The maximum absolute atomic E-state index is 11.9. The third kappa shape index (κ3) is 7.88. The Hall–Kier alpha value is -3.65. The molecule has 164 valence electrons. The predicted octanol–water partition coefficient (Wildman–Crippen LogP) is 3.67. The number of nitrogens with zero attached hydrogens (tertiary/aromatic N) is 1. The highest BCUT2D eigenvalue weighted by Gasteiger charge is 2.06. The van der Waals surface area contributed by atoms with Crippen molar-refractivity contribution in [2.75, 3.05) is 13.2 Å². The van der Waals surface area contributed by atoms with Crippen LogP contribution in [-0.2, 0) is 16.2 Å². The van der Waals surface area contributed by atoms with Crippen molar-refractivity contribution in [3.8, 4) is 11.5 Å². The third-order valence-electron chi connectivity index (χ3n) is 4.18. The Balaban J connectivity index is 1.42. The molecule has 0 aliphatic carbocycles. The zero-order valence-corrected chi connectivity index (χ0v) is 18.7. The van der Waals surface area contributed by atoms with Gasteiger partial charge in [0.2, 0.25) is 0 Å². The Labute approximate surface area is 194 Å². The summed E-state index contributed by atoms with van der Waals surface area (Å²) >= 11 is 3.41. The number of nitrogens with one attached hydrogen (secondary N) is 2. The summed E-state index contributed by atoms with van der Waals surface area (Å²) in [5, 5.41) is 6.42. The van der Waals surface area contributed by atoms with Crippen LogP contribution in [0, 0.1) is 0 Å². The molecule has 0 aliphatic heterocycles. The van der Waals surface area contributed by atoms with Gasteiger partial charge in [-0.15, -0.1) is 0 Å². The number of carbonyl (C=O) groups excluding carboxylic acids is 2. The lowest BCUT2D eigenvalue weighted by Crippen LogP contribution is -2.37. The molecule has 0 heterocycles. The van der Waals surface area contributed by atoms with Crippen molar-refractivity contribution in [3.05, 3.63) is 94.5 Å². The second-order valence-electron chi connectivity index (χ2n) is 6.62. The van der Waals surface area contributed by atoms with Gasteiger partial charge in [0.15, 0.2) is 6.61 Å². The second kappa shape index (κ2) is 12.3. The Morgan fingerprint density at radius 2 is 1.59 bits per heavy atom. The fraction of sp³-hybridized carbons (Fsp3) is 0.125. The van der Waals surface area contributed by atoms with Crippen LogP contribution in [0.1, 0.15) is 11.1 Å². The zero-order chi connectivity index (χ0) is 22.6. The van der Waals surface area contributed by atoms with E-state index in [1.165, 1.54) is 6.21 Å². The molecule has 8 heteroatoms. The summed E-state index contributed by atoms with van der Waals surface area (Å²) in [5.41, 5.74) is 4.12. The average molecular weight is 496 g/mol. The normalized spacial score (nSPS) is 10.5. The van der Waals surface area contributed by atoms with Gasteiger partial charge in [0.1, 0.15) is 18.1 Å². The van der Waals surface area contributed by atoms with Crippen LogP contribution in [0.2, 0.25) is 0 Å². The number of halogens is 1. The molecular weight excluding hydrogens is 474 g/mol. The molecular formula is C24H22BrN3O4. The van der Waals surface area contributed by atoms with Gasteiger partial charge >= 0.3 is 0 Å². The van der Waals surface area contributed by atoms with Gasteiger partial charge in [-0.25, -0.2) is 5.43 Å². The SMILES string of the molecule is O=C(COc1ccccc1)NCC(=O)N/N=C/c1ccccc1OCc1ccc(Br)cc1. The highest BCUT2D eigenvalue weighted by molar-refractivity contribution is 9.10. The van der Waals surface area contributed by atoms with Gasteiger partial charge in [-0.1, -0.05) is 58.4 Å². The molecule has 3 aromatic rings. The summed E-state index contributed by atoms with van der Waals surface area (Å²) < 4.78 is 12.2. The molecule has 0 aliphatic rings. The fourth-order valence-corrected chi connectivity index (χ4v) is 2.83. The van der Waals surface area contributed by atoms with Crippen LogP contribution in [-0.4, -0.2) is 31.2 Å². The van der Waals surface area contributed by atoms with Crippen molar-refractivity contribution in [1.29, 1.82) is 0 Å². The van der Waals surface area contributed by atoms with Crippen LogP contribution in [0.3, 0.4) is 0 Å². The first-order valence-electron chi connectivity index (χ1n) is 9.83. The van der Waals surface area contributed by atoms with E-state index in [9.17, 15) is 9.59 Å². The first-order valence-corrected chi connectivity index (χ1v) is 10.6. The Morgan fingerprint density at radius 1 is 0.875 bits per heavy atom. The molecule has 2 N–H and O–H groups in total. The molecule has 3 aromatic carbocycles. The van der Waals surface area contributed by atoms with E-state index in [-0.39, 0.29) is 13.2 Å². The minimum atomic E-state index is -0.456. The number of para-hydroxylation sites is 2. The van der Waals surface area contributed by atoms with Crippen molar-refractivity contribution < 1.29 is 19.1 Å². The quantitative estimate of drug-likeness (QED) is 0.331. The molecule has 32 heavy (non-hydrogen) atoms. The van der Waals surface area contributed by atoms with Crippen molar-refractivity contribution in [2.45, 2.75) is 6.61 Å².